The first-order chi connectivity index (χ1) is 14.8. The van der Waals surface area contributed by atoms with Gasteiger partial charge >= 0.3 is 0 Å². The highest BCUT2D eigenvalue weighted by Crippen LogP contribution is 2.29. The van der Waals surface area contributed by atoms with Crippen LogP contribution in [0.5, 0.6) is 11.5 Å². The van der Waals surface area contributed by atoms with Gasteiger partial charge in [-0.1, -0.05) is 6.92 Å². The summed E-state index contributed by atoms with van der Waals surface area (Å²) >= 11 is 0. The van der Waals surface area contributed by atoms with E-state index in [0.717, 1.165) is 57.3 Å². The van der Waals surface area contributed by atoms with Crippen LogP contribution in [0.3, 0.4) is 0 Å². The van der Waals surface area contributed by atoms with E-state index in [2.05, 4.69) is 59.2 Å². The number of nitrogens with zero attached hydrogens (tertiary/aromatic N) is 2. The van der Waals surface area contributed by atoms with Gasteiger partial charge in [-0.3, -0.25) is 0 Å². The van der Waals surface area contributed by atoms with Crippen molar-refractivity contribution in [1.29, 1.82) is 0 Å². The van der Waals surface area contributed by atoms with Crippen LogP contribution in [0.15, 0.2) is 42.5 Å². The number of piperazine rings is 1. The lowest BCUT2D eigenvalue weighted by atomic mass is 10.1. The predicted octanol–water partition coefficient (Wildman–Crippen LogP) is 3.13. The Labute approximate surface area is 178 Å². The Bertz CT molecular complexity index is 841. The quantitative estimate of drug-likeness (QED) is 0.592. The van der Waals surface area contributed by atoms with Gasteiger partial charge in [-0.25, -0.2) is 0 Å². The fourth-order valence-electron chi connectivity index (χ4n) is 3.91. The first kappa shape index (κ1) is 19.5. The van der Waals surface area contributed by atoms with Crippen molar-refractivity contribution >= 4 is 11.4 Å². The molecule has 6 heteroatoms. The molecule has 3 aliphatic heterocycles. The van der Waals surface area contributed by atoms with E-state index < -0.39 is 0 Å². The lowest BCUT2D eigenvalue weighted by molar-refractivity contribution is 0.263. The van der Waals surface area contributed by atoms with Crippen molar-refractivity contribution < 1.29 is 18.9 Å². The summed E-state index contributed by atoms with van der Waals surface area (Å²) in [5, 5.41) is 0. The Morgan fingerprint density at radius 2 is 1.37 bits per heavy atom. The standard InChI is InChI=1S/C24H30N2O4/c1-2-18-13-21(28-15-23-17-30-23)7-8-24(18)26-11-9-25(10-12-26)19-3-5-20(6-4-19)27-14-22-16-29-22/h3-8,13,22-23H,2,9-12,14-17H2,1H3. The molecule has 0 radical (unpaired) electrons. The number of epoxide rings is 2. The van der Waals surface area contributed by atoms with Gasteiger partial charge in [-0.15, -0.1) is 0 Å². The van der Waals surface area contributed by atoms with Crippen LogP contribution in [0.25, 0.3) is 0 Å². The van der Waals surface area contributed by atoms with Gasteiger partial charge in [0.15, 0.2) is 0 Å². The predicted molar refractivity (Wildman–Crippen MR) is 117 cm³/mol. The molecule has 3 heterocycles. The van der Waals surface area contributed by atoms with Gasteiger partial charge in [0.2, 0.25) is 0 Å². The molecule has 0 bridgehead atoms. The van der Waals surface area contributed by atoms with E-state index in [1.54, 1.807) is 0 Å². The number of aryl methyl sites for hydroxylation is 1. The molecule has 30 heavy (non-hydrogen) atoms. The zero-order valence-electron chi connectivity index (χ0n) is 17.6. The molecular weight excluding hydrogens is 380 g/mol. The van der Waals surface area contributed by atoms with Crippen LogP contribution in [-0.2, 0) is 15.9 Å². The second-order valence-electron chi connectivity index (χ2n) is 8.14. The number of ether oxygens (including phenoxy) is 4. The van der Waals surface area contributed by atoms with E-state index in [1.807, 2.05) is 0 Å². The van der Waals surface area contributed by atoms with E-state index in [9.17, 15) is 0 Å². The molecule has 2 atom stereocenters. The lowest BCUT2D eigenvalue weighted by Crippen LogP contribution is -2.46. The molecule has 160 valence electrons. The molecule has 0 spiro atoms. The summed E-state index contributed by atoms with van der Waals surface area (Å²) in [4.78, 5) is 4.94. The van der Waals surface area contributed by atoms with Crippen LogP contribution >= 0.6 is 0 Å². The van der Waals surface area contributed by atoms with Crippen molar-refractivity contribution in [2.75, 3.05) is 62.4 Å². The van der Waals surface area contributed by atoms with Crippen LogP contribution in [0.1, 0.15) is 12.5 Å². The van der Waals surface area contributed by atoms with Crippen molar-refractivity contribution in [1.82, 2.24) is 0 Å². The fraction of sp³-hybridized carbons (Fsp3) is 0.500. The summed E-state index contributed by atoms with van der Waals surface area (Å²) in [6, 6.07) is 14.9. The van der Waals surface area contributed by atoms with E-state index >= 15 is 0 Å². The zero-order chi connectivity index (χ0) is 20.3. The van der Waals surface area contributed by atoms with Crippen LogP contribution in [0, 0.1) is 0 Å². The maximum atomic E-state index is 5.86. The van der Waals surface area contributed by atoms with Crippen molar-refractivity contribution in [2.24, 2.45) is 0 Å². The van der Waals surface area contributed by atoms with Gasteiger partial charge in [0.1, 0.15) is 36.9 Å². The monoisotopic (exact) mass is 410 g/mol. The molecule has 3 fully saturated rings. The summed E-state index contributed by atoms with van der Waals surface area (Å²) in [6.45, 7) is 9.21. The van der Waals surface area contributed by atoms with Gasteiger partial charge < -0.3 is 28.7 Å². The molecule has 0 saturated carbocycles. The Kier molecular flexibility index (Phi) is 5.69. The van der Waals surface area contributed by atoms with E-state index in [1.165, 1.54) is 16.9 Å². The zero-order valence-corrected chi connectivity index (χ0v) is 17.6. The highest BCUT2D eigenvalue weighted by Gasteiger charge is 2.24. The van der Waals surface area contributed by atoms with Crippen LogP contribution in [-0.4, -0.2) is 64.8 Å². The highest BCUT2D eigenvalue weighted by molar-refractivity contribution is 5.58. The van der Waals surface area contributed by atoms with E-state index in [4.69, 9.17) is 18.9 Å². The summed E-state index contributed by atoms with van der Waals surface area (Å²) < 4.78 is 22.0. The third-order valence-corrected chi connectivity index (χ3v) is 5.93. The first-order valence-electron chi connectivity index (χ1n) is 11.0. The Balaban J connectivity index is 1.16. The number of rotatable bonds is 9. The molecule has 6 nitrogen and oxygen atoms in total. The molecular formula is C24H30N2O4. The Hall–Kier alpha value is -2.44. The van der Waals surface area contributed by atoms with Gasteiger partial charge in [0.05, 0.1) is 13.2 Å². The number of benzene rings is 2. The molecule has 0 N–H and O–H groups in total. The fourth-order valence-corrected chi connectivity index (χ4v) is 3.91. The smallest absolute Gasteiger partial charge is 0.119 e. The molecule has 3 aliphatic rings. The summed E-state index contributed by atoms with van der Waals surface area (Å²) in [7, 11) is 0. The Morgan fingerprint density at radius 1 is 0.800 bits per heavy atom. The minimum atomic E-state index is 0.288. The molecule has 2 aromatic rings. The molecule has 2 unspecified atom stereocenters. The molecule has 3 saturated heterocycles. The van der Waals surface area contributed by atoms with Crippen molar-refractivity contribution in [2.45, 2.75) is 25.6 Å². The average Bonchev–Trinajstić information content (AvgIpc) is 3.71. The number of anilines is 2. The third-order valence-electron chi connectivity index (χ3n) is 5.93. The molecule has 2 aromatic carbocycles. The molecule has 0 aliphatic carbocycles. The lowest BCUT2D eigenvalue weighted by Gasteiger charge is -2.38. The maximum absolute atomic E-state index is 5.86. The number of hydrogen-bond acceptors (Lipinski definition) is 6. The molecule has 5 rings (SSSR count). The normalized spacial score (nSPS) is 22.7. The second-order valence-corrected chi connectivity index (χ2v) is 8.14. The summed E-state index contributed by atoms with van der Waals surface area (Å²) in [5.41, 5.74) is 3.93. The first-order valence-corrected chi connectivity index (χ1v) is 11.0. The molecule has 0 amide bonds. The summed E-state index contributed by atoms with van der Waals surface area (Å²) in [5.74, 6) is 1.86. The minimum Gasteiger partial charge on any atom is -0.491 e. The van der Waals surface area contributed by atoms with Crippen molar-refractivity contribution in [3.8, 4) is 11.5 Å². The van der Waals surface area contributed by atoms with Gasteiger partial charge in [0, 0.05) is 37.6 Å². The van der Waals surface area contributed by atoms with Gasteiger partial charge in [0.25, 0.3) is 0 Å². The minimum absolute atomic E-state index is 0.288. The third kappa shape index (κ3) is 4.82. The van der Waals surface area contributed by atoms with E-state index in [0.29, 0.717) is 19.3 Å². The van der Waals surface area contributed by atoms with Gasteiger partial charge in [-0.2, -0.15) is 0 Å². The molecule has 0 aromatic heterocycles. The maximum Gasteiger partial charge on any atom is 0.119 e. The van der Waals surface area contributed by atoms with Crippen molar-refractivity contribution in [3.63, 3.8) is 0 Å². The number of hydrogen-bond donors (Lipinski definition) is 0. The second kappa shape index (κ2) is 8.74. The topological polar surface area (TPSA) is 50.0 Å². The largest absolute Gasteiger partial charge is 0.491 e. The Morgan fingerprint density at radius 3 is 1.97 bits per heavy atom. The van der Waals surface area contributed by atoms with E-state index in [-0.39, 0.29) is 6.10 Å². The SMILES string of the molecule is CCc1cc(OCC2CO2)ccc1N1CCN(c2ccc(OCC3CO3)cc2)CC1. The summed E-state index contributed by atoms with van der Waals surface area (Å²) in [6.07, 6.45) is 1.58. The van der Waals surface area contributed by atoms with Crippen LogP contribution < -0.4 is 19.3 Å². The van der Waals surface area contributed by atoms with Crippen LogP contribution in [0.2, 0.25) is 0 Å². The van der Waals surface area contributed by atoms with Crippen molar-refractivity contribution in [3.05, 3.63) is 48.0 Å². The van der Waals surface area contributed by atoms with Crippen LogP contribution in [0.4, 0.5) is 11.4 Å². The van der Waals surface area contributed by atoms with Gasteiger partial charge in [-0.05, 0) is 54.4 Å². The average molecular weight is 411 g/mol. The highest BCUT2D eigenvalue weighted by atomic mass is 16.6.